The van der Waals surface area contributed by atoms with E-state index in [1.54, 1.807) is 29.1 Å². The van der Waals surface area contributed by atoms with Crippen molar-refractivity contribution in [2.75, 3.05) is 7.11 Å². The van der Waals surface area contributed by atoms with E-state index >= 15 is 0 Å². The van der Waals surface area contributed by atoms with Crippen molar-refractivity contribution in [2.45, 2.75) is 19.9 Å². The van der Waals surface area contributed by atoms with E-state index in [1.165, 1.54) is 7.11 Å². The zero-order valence-corrected chi connectivity index (χ0v) is 12.7. The van der Waals surface area contributed by atoms with Gasteiger partial charge in [-0.05, 0) is 24.6 Å². The summed E-state index contributed by atoms with van der Waals surface area (Å²) in [7, 11) is 1.51. The maximum atomic E-state index is 12.6. The molecule has 1 aromatic carbocycles. The van der Waals surface area contributed by atoms with Crippen LogP contribution >= 0.6 is 23.2 Å². The minimum Gasteiger partial charge on any atom is -0.493 e. The first kappa shape index (κ1) is 14.9. The second kappa shape index (κ2) is 6.29. The van der Waals surface area contributed by atoms with Crippen LogP contribution in [0.3, 0.4) is 0 Å². The van der Waals surface area contributed by atoms with E-state index in [9.17, 15) is 4.79 Å². The number of hydrogen-bond donors (Lipinski definition) is 0. The number of ether oxygens (including phenoxy) is 1. The Morgan fingerprint density at radius 2 is 2.10 bits per heavy atom. The Hall–Kier alpha value is -1.52. The molecule has 0 fully saturated rings. The molecule has 4 nitrogen and oxygen atoms in total. The maximum absolute atomic E-state index is 12.6. The lowest BCUT2D eigenvalue weighted by Gasteiger charge is -2.08. The SMILES string of the molecule is CCCn1ncc(OC)c1C(=O)c1ccc(Cl)c(Cl)c1. The van der Waals surface area contributed by atoms with Gasteiger partial charge in [-0.2, -0.15) is 5.10 Å². The Kier molecular flexibility index (Phi) is 4.68. The number of halogens is 2. The summed E-state index contributed by atoms with van der Waals surface area (Å²) < 4.78 is 6.85. The van der Waals surface area contributed by atoms with Crippen molar-refractivity contribution < 1.29 is 9.53 Å². The Bertz CT molecular complexity index is 638. The number of rotatable bonds is 5. The summed E-state index contributed by atoms with van der Waals surface area (Å²) >= 11 is 11.8. The highest BCUT2D eigenvalue weighted by Gasteiger charge is 2.21. The first-order chi connectivity index (χ1) is 9.58. The Morgan fingerprint density at radius 3 is 2.70 bits per heavy atom. The standard InChI is InChI=1S/C14H14Cl2N2O2/c1-3-6-18-13(12(20-2)8-17-18)14(19)9-4-5-10(15)11(16)7-9/h4-5,7-8H,3,6H2,1-2H3. The van der Waals surface area contributed by atoms with Gasteiger partial charge in [-0.3, -0.25) is 9.48 Å². The molecule has 20 heavy (non-hydrogen) atoms. The molecule has 6 heteroatoms. The highest BCUT2D eigenvalue weighted by molar-refractivity contribution is 6.42. The molecule has 0 atom stereocenters. The Balaban J connectivity index is 2.46. The molecule has 0 spiro atoms. The van der Waals surface area contributed by atoms with Crippen molar-refractivity contribution in [3.63, 3.8) is 0 Å². The number of carbonyl (C=O) groups excluding carboxylic acids is 1. The van der Waals surface area contributed by atoms with Crippen LogP contribution in [0.15, 0.2) is 24.4 Å². The highest BCUT2D eigenvalue weighted by Crippen LogP contribution is 2.26. The zero-order valence-electron chi connectivity index (χ0n) is 11.2. The molecule has 1 heterocycles. The van der Waals surface area contributed by atoms with Crippen molar-refractivity contribution in [3.05, 3.63) is 45.7 Å². The summed E-state index contributed by atoms with van der Waals surface area (Å²) in [4.78, 5) is 12.6. The summed E-state index contributed by atoms with van der Waals surface area (Å²) in [6.07, 6.45) is 2.41. The largest absolute Gasteiger partial charge is 0.493 e. The van der Waals surface area contributed by atoms with Crippen LogP contribution in [0.25, 0.3) is 0 Å². The van der Waals surface area contributed by atoms with Crippen LogP contribution in [-0.4, -0.2) is 22.7 Å². The number of aryl methyl sites for hydroxylation is 1. The molecule has 1 aromatic heterocycles. The number of carbonyl (C=O) groups is 1. The van der Waals surface area contributed by atoms with E-state index in [4.69, 9.17) is 27.9 Å². The third-order valence-corrected chi connectivity index (χ3v) is 3.60. The molecule has 0 aliphatic carbocycles. The second-order valence-corrected chi connectivity index (χ2v) is 5.06. The molecule has 0 aliphatic heterocycles. The van der Waals surface area contributed by atoms with Crippen LogP contribution in [0.4, 0.5) is 0 Å². The molecule has 0 N–H and O–H groups in total. The number of nitrogens with zero attached hydrogens (tertiary/aromatic N) is 2. The van der Waals surface area contributed by atoms with E-state index in [1.807, 2.05) is 6.92 Å². The molecule has 0 saturated heterocycles. The predicted octanol–water partition coefficient (Wildman–Crippen LogP) is 3.84. The molecular weight excluding hydrogens is 299 g/mol. The van der Waals surface area contributed by atoms with Crippen molar-refractivity contribution >= 4 is 29.0 Å². The van der Waals surface area contributed by atoms with Crippen LogP contribution in [0, 0.1) is 0 Å². The van der Waals surface area contributed by atoms with Gasteiger partial charge in [0, 0.05) is 12.1 Å². The molecular formula is C14H14Cl2N2O2. The zero-order chi connectivity index (χ0) is 14.7. The number of hydrogen-bond acceptors (Lipinski definition) is 3. The minimum atomic E-state index is -0.189. The Morgan fingerprint density at radius 1 is 1.35 bits per heavy atom. The van der Waals surface area contributed by atoms with Crippen molar-refractivity contribution in [3.8, 4) is 5.75 Å². The van der Waals surface area contributed by atoms with Gasteiger partial charge in [0.1, 0.15) is 0 Å². The second-order valence-electron chi connectivity index (χ2n) is 4.24. The summed E-state index contributed by atoms with van der Waals surface area (Å²) in [6, 6.07) is 4.79. The first-order valence-corrected chi connectivity index (χ1v) is 6.93. The number of benzene rings is 1. The first-order valence-electron chi connectivity index (χ1n) is 6.18. The van der Waals surface area contributed by atoms with Crippen LogP contribution < -0.4 is 4.74 Å². The van der Waals surface area contributed by atoms with Crippen LogP contribution in [0.1, 0.15) is 29.4 Å². The molecule has 0 saturated carbocycles. The number of ketones is 1. The lowest BCUT2D eigenvalue weighted by Crippen LogP contribution is -2.12. The summed E-state index contributed by atoms with van der Waals surface area (Å²) in [5, 5.41) is 4.93. The van der Waals surface area contributed by atoms with Crippen LogP contribution in [0.5, 0.6) is 5.75 Å². The average molecular weight is 313 g/mol. The summed E-state index contributed by atoms with van der Waals surface area (Å²) in [6.45, 7) is 2.66. The number of methoxy groups -OCH3 is 1. The van der Waals surface area contributed by atoms with Crippen molar-refractivity contribution in [2.24, 2.45) is 0 Å². The Labute approximate surface area is 127 Å². The van der Waals surface area contributed by atoms with Crippen LogP contribution in [0.2, 0.25) is 10.0 Å². The van der Waals surface area contributed by atoms with E-state index in [0.29, 0.717) is 33.6 Å². The lowest BCUT2D eigenvalue weighted by atomic mass is 10.1. The normalized spacial score (nSPS) is 10.6. The highest BCUT2D eigenvalue weighted by atomic mass is 35.5. The minimum absolute atomic E-state index is 0.189. The third-order valence-electron chi connectivity index (χ3n) is 2.86. The molecule has 0 aliphatic rings. The predicted molar refractivity (Wildman–Crippen MR) is 79.0 cm³/mol. The topological polar surface area (TPSA) is 44.1 Å². The summed E-state index contributed by atoms with van der Waals surface area (Å²) in [5.41, 5.74) is 0.878. The molecule has 0 amide bonds. The molecule has 0 bridgehead atoms. The summed E-state index contributed by atoms with van der Waals surface area (Å²) in [5.74, 6) is 0.265. The van der Waals surface area contributed by atoms with Gasteiger partial charge < -0.3 is 4.74 Å². The molecule has 2 aromatic rings. The van der Waals surface area contributed by atoms with Gasteiger partial charge in [0.15, 0.2) is 11.4 Å². The van der Waals surface area contributed by atoms with Gasteiger partial charge >= 0.3 is 0 Å². The lowest BCUT2D eigenvalue weighted by molar-refractivity contribution is 0.102. The fourth-order valence-electron chi connectivity index (χ4n) is 1.90. The number of aromatic nitrogens is 2. The smallest absolute Gasteiger partial charge is 0.214 e. The van der Waals surface area contributed by atoms with E-state index in [0.717, 1.165) is 6.42 Å². The monoisotopic (exact) mass is 312 g/mol. The molecule has 0 unspecified atom stereocenters. The van der Waals surface area contributed by atoms with Gasteiger partial charge in [0.2, 0.25) is 5.78 Å². The van der Waals surface area contributed by atoms with Gasteiger partial charge in [0.05, 0.1) is 23.4 Å². The molecule has 0 radical (unpaired) electrons. The fourth-order valence-corrected chi connectivity index (χ4v) is 2.20. The van der Waals surface area contributed by atoms with Gasteiger partial charge in [-0.15, -0.1) is 0 Å². The molecule has 106 valence electrons. The third kappa shape index (κ3) is 2.81. The van der Waals surface area contributed by atoms with Gasteiger partial charge in [0.25, 0.3) is 0 Å². The fraction of sp³-hybridized carbons (Fsp3) is 0.286. The van der Waals surface area contributed by atoms with E-state index in [-0.39, 0.29) is 5.78 Å². The quantitative estimate of drug-likeness (QED) is 0.788. The van der Waals surface area contributed by atoms with Crippen molar-refractivity contribution in [1.29, 1.82) is 0 Å². The van der Waals surface area contributed by atoms with Gasteiger partial charge in [-0.25, -0.2) is 0 Å². The van der Waals surface area contributed by atoms with E-state index < -0.39 is 0 Å². The maximum Gasteiger partial charge on any atom is 0.214 e. The van der Waals surface area contributed by atoms with Gasteiger partial charge in [-0.1, -0.05) is 30.1 Å². The van der Waals surface area contributed by atoms with E-state index in [2.05, 4.69) is 5.10 Å². The molecule has 2 rings (SSSR count). The van der Waals surface area contributed by atoms with Crippen molar-refractivity contribution in [1.82, 2.24) is 9.78 Å². The van der Waals surface area contributed by atoms with Crippen LogP contribution in [-0.2, 0) is 6.54 Å². The average Bonchev–Trinajstić information content (AvgIpc) is 2.84.